The van der Waals surface area contributed by atoms with Gasteiger partial charge < -0.3 is 34.0 Å². The second-order valence-corrected chi connectivity index (χ2v) is 12.2. The number of methoxy groups -OCH3 is 1. The maximum absolute atomic E-state index is 13.6. The van der Waals surface area contributed by atoms with Gasteiger partial charge in [-0.05, 0) is 50.5 Å². The van der Waals surface area contributed by atoms with Crippen LogP contribution in [0.2, 0.25) is 0 Å². The zero-order chi connectivity index (χ0) is 36.1. The Balaban J connectivity index is 0.000000226. The quantitative estimate of drug-likeness (QED) is 0.122. The third-order valence-corrected chi connectivity index (χ3v) is 7.87. The van der Waals surface area contributed by atoms with Gasteiger partial charge in [0.15, 0.2) is 5.76 Å². The average molecular weight is 675 g/mol. The molecule has 50 heavy (non-hydrogen) atoms. The number of ether oxygens (including phenoxy) is 1. The molecule has 0 fully saturated rings. The standard InChI is InChI=1S/C26H28O6.C15H10O3/c1-14(2)6-9-18-21(31-5)13-22-23(24(18)29)25(30)19(10-7-15(3)4)26(32-22)17-11-8-16(27)12-20(17)28;16-13-11-8-4-5-9-12(11)18-15(14(13)17)10-6-2-1-3-7-10/h6-9,11-14,27-29H,10H2,1-5H3;1-9,17H/b9-6+;. The molecule has 2 aromatic heterocycles. The summed E-state index contributed by atoms with van der Waals surface area (Å²) in [6, 6.07) is 21.6. The number of para-hydroxylation sites is 1. The predicted molar refractivity (Wildman–Crippen MR) is 196 cm³/mol. The topological polar surface area (TPSA) is 151 Å². The van der Waals surface area contributed by atoms with Gasteiger partial charge in [0, 0.05) is 23.3 Å². The summed E-state index contributed by atoms with van der Waals surface area (Å²) < 4.78 is 17.1. The van der Waals surface area contributed by atoms with E-state index in [0.717, 1.165) is 5.57 Å². The largest absolute Gasteiger partial charge is 0.508 e. The smallest absolute Gasteiger partial charge is 0.235 e. The summed E-state index contributed by atoms with van der Waals surface area (Å²) in [5.74, 6) is 0.0700. The first-order valence-corrected chi connectivity index (χ1v) is 15.9. The van der Waals surface area contributed by atoms with Crippen molar-refractivity contribution in [2.75, 3.05) is 7.11 Å². The van der Waals surface area contributed by atoms with Crippen LogP contribution >= 0.6 is 0 Å². The molecule has 0 aliphatic rings. The van der Waals surface area contributed by atoms with Crippen molar-refractivity contribution in [3.8, 4) is 51.4 Å². The molecule has 2 heterocycles. The molecule has 0 bridgehead atoms. The molecule has 0 aliphatic heterocycles. The van der Waals surface area contributed by atoms with Crippen LogP contribution in [0.5, 0.6) is 28.7 Å². The van der Waals surface area contributed by atoms with E-state index in [1.807, 2.05) is 58.0 Å². The molecule has 0 aliphatic carbocycles. The SMILES string of the molecule is COc1cc2oc(-c3ccc(O)cc3O)c(CC=C(C)C)c(=O)c2c(O)c1/C=C/C(C)C.O=c1c(O)c(-c2ccccc2)oc2ccccc12. The van der Waals surface area contributed by atoms with Crippen molar-refractivity contribution in [1.29, 1.82) is 0 Å². The predicted octanol–water partition coefficient (Wildman–Crippen LogP) is 8.93. The molecule has 0 saturated heterocycles. The van der Waals surface area contributed by atoms with Crippen molar-refractivity contribution in [1.82, 2.24) is 0 Å². The minimum Gasteiger partial charge on any atom is -0.508 e. The number of aromatic hydroxyl groups is 4. The van der Waals surface area contributed by atoms with E-state index in [1.165, 1.54) is 25.3 Å². The van der Waals surface area contributed by atoms with Crippen molar-refractivity contribution < 1.29 is 34.0 Å². The second kappa shape index (κ2) is 14.9. The van der Waals surface area contributed by atoms with Crippen LogP contribution in [0.15, 0.2) is 115 Å². The number of benzene rings is 4. The first-order valence-electron chi connectivity index (χ1n) is 15.9. The van der Waals surface area contributed by atoms with Crippen molar-refractivity contribution in [3.05, 3.63) is 128 Å². The first kappa shape index (κ1) is 35.1. The second-order valence-electron chi connectivity index (χ2n) is 12.2. The summed E-state index contributed by atoms with van der Waals surface area (Å²) in [5, 5.41) is 41.5. The van der Waals surface area contributed by atoms with Gasteiger partial charge in [0.05, 0.1) is 23.6 Å². The zero-order valence-corrected chi connectivity index (χ0v) is 28.4. The van der Waals surface area contributed by atoms with Gasteiger partial charge in [0.25, 0.3) is 0 Å². The van der Waals surface area contributed by atoms with E-state index in [1.54, 1.807) is 48.5 Å². The molecule has 6 rings (SSSR count). The fourth-order valence-corrected chi connectivity index (χ4v) is 5.32. The Bertz CT molecular complexity index is 2360. The minimum absolute atomic E-state index is 0.0494. The van der Waals surface area contributed by atoms with E-state index in [-0.39, 0.29) is 63.4 Å². The number of allylic oxidation sites excluding steroid dienone is 3. The lowest BCUT2D eigenvalue weighted by Crippen LogP contribution is -2.12. The lowest BCUT2D eigenvalue weighted by atomic mass is 9.98. The molecule has 6 aromatic rings. The number of phenolic OH excluding ortho intramolecular Hbond substituents is 3. The first-order chi connectivity index (χ1) is 23.9. The van der Waals surface area contributed by atoms with E-state index in [0.29, 0.717) is 33.4 Å². The molecule has 0 atom stereocenters. The average Bonchev–Trinajstić information content (AvgIpc) is 3.09. The Hall–Kier alpha value is -6.22. The lowest BCUT2D eigenvalue weighted by molar-refractivity contribution is 0.406. The number of hydrogen-bond acceptors (Lipinski definition) is 9. The summed E-state index contributed by atoms with van der Waals surface area (Å²) in [6.07, 6.45) is 5.75. The molecule has 0 unspecified atom stereocenters. The number of phenols is 3. The zero-order valence-electron chi connectivity index (χ0n) is 28.4. The van der Waals surface area contributed by atoms with Gasteiger partial charge in [-0.25, -0.2) is 0 Å². The molecule has 4 aromatic carbocycles. The maximum Gasteiger partial charge on any atom is 0.235 e. The Labute approximate surface area is 288 Å². The third-order valence-electron chi connectivity index (χ3n) is 7.87. The Kier molecular flexibility index (Phi) is 10.5. The summed E-state index contributed by atoms with van der Waals surface area (Å²) in [5.41, 5.74) is 2.44. The van der Waals surface area contributed by atoms with Crippen LogP contribution in [0.1, 0.15) is 38.8 Å². The molecule has 0 radical (unpaired) electrons. The normalized spacial score (nSPS) is 11.2. The molecular formula is C41H38O9. The third kappa shape index (κ3) is 7.27. The van der Waals surface area contributed by atoms with Crippen molar-refractivity contribution in [2.45, 2.75) is 34.1 Å². The summed E-state index contributed by atoms with van der Waals surface area (Å²) in [6.45, 7) is 7.84. The number of fused-ring (bicyclic) bond motifs is 2. The highest BCUT2D eigenvalue weighted by molar-refractivity contribution is 5.92. The molecular weight excluding hydrogens is 636 g/mol. The van der Waals surface area contributed by atoms with Gasteiger partial charge in [-0.1, -0.05) is 80.1 Å². The van der Waals surface area contributed by atoms with E-state index >= 15 is 0 Å². The Morgan fingerprint density at radius 2 is 1.48 bits per heavy atom. The summed E-state index contributed by atoms with van der Waals surface area (Å²) in [4.78, 5) is 25.6. The van der Waals surface area contributed by atoms with Crippen molar-refractivity contribution in [2.24, 2.45) is 5.92 Å². The minimum atomic E-state index is -0.407. The van der Waals surface area contributed by atoms with Crippen LogP contribution in [-0.2, 0) is 6.42 Å². The molecule has 4 N–H and O–H groups in total. The maximum atomic E-state index is 13.6. The lowest BCUT2D eigenvalue weighted by Gasteiger charge is -2.14. The fraction of sp³-hybridized carbons (Fsp3) is 0.171. The van der Waals surface area contributed by atoms with E-state index in [9.17, 15) is 30.0 Å². The van der Waals surface area contributed by atoms with Crippen molar-refractivity contribution in [3.63, 3.8) is 0 Å². The van der Waals surface area contributed by atoms with Gasteiger partial charge in [0.2, 0.25) is 16.6 Å². The summed E-state index contributed by atoms with van der Waals surface area (Å²) in [7, 11) is 1.47. The Morgan fingerprint density at radius 3 is 2.14 bits per heavy atom. The van der Waals surface area contributed by atoms with Crippen LogP contribution in [0, 0.1) is 5.92 Å². The highest BCUT2D eigenvalue weighted by atomic mass is 16.5. The van der Waals surface area contributed by atoms with E-state index in [4.69, 9.17) is 13.6 Å². The van der Waals surface area contributed by atoms with Crippen LogP contribution in [0.25, 0.3) is 50.7 Å². The number of rotatable bonds is 7. The molecule has 0 saturated carbocycles. The fourth-order valence-electron chi connectivity index (χ4n) is 5.32. The van der Waals surface area contributed by atoms with Gasteiger partial charge in [-0.15, -0.1) is 0 Å². The molecule has 9 heteroatoms. The van der Waals surface area contributed by atoms with Crippen LogP contribution in [0.3, 0.4) is 0 Å². The van der Waals surface area contributed by atoms with Crippen LogP contribution in [0.4, 0.5) is 0 Å². The van der Waals surface area contributed by atoms with Crippen molar-refractivity contribution >= 4 is 28.0 Å². The monoisotopic (exact) mass is 674 g/mol. The molecule has 9 nitrogen and oxygen atoms in total. The molecule has 256 valence electrons. The Morgan fingerprint density at radius 1 is 0.800 bits per heavy atom. The highest BCUT2D eigenvalue weighted by Gasteiger charge is 2.23. The number of hydrogen-bond donors (Lipinski definition) is 4. The van der Waals surface area contributed by atoms with E-state index < -0.39 is 10.9 Å². The van der Waals surface area contributed by atoms with Gasteiger partial charge in [-0.2, -0.15) is 0 Å². The summed E-state index contributed by atoms with van der Waals surface area (Å²) >= 11 is 0. The molecule has 0 spiro atoms. The van der Waals surface area contributed by atoms with Gasteiger partial charge in [0.1, 0.15) is 45.3 Å². The molecule has 0 amide bonds. The van der Waals surface area contributed by atoms with E-state index in [2.05, 4.69) is 0 Å². The van der Waals surface area contributed by atoms with Gasteiger partial charge >= 0.3 is 0 Å². The van der Waals surface area contributed by atoms with Gasteiger partial charge in [-0.3, -0.25) is 9.59 Å². The highest BCUT2D eigenvalue weighted by Crippen LogP contribution is 2.40. The van der Waals surface area contributed by atoms with Crippen LogP contribution < -0.4 is 15.6 Å². The van der Waals surface area contributed by atoms with Crippen LogP contribution in [-0.4, -0.2) is 27.5 Å².